The van der Waals surface area contributed by atoms with Gasteiger partial charge in [-0.25, -0.2) is 9.78 Å². The van der Waals surface area contributed by atoms with Gasteiger partial charge in [-0.05, 0) is 52.3 Å². The average Bonchev–Trinajstić information content (AvgIpc) is 2.59. The van der Waals surface area contributed by atoms with Crippen LogP contribution in [0.3, 0.4) is 0 Å². The molecule has 0 aliphatic rings. The largest absolute Gasteiger partial charge is 0.435 e. The number of carbonyl (C=O) groups excluding carboxylic acids is 1. The van der Waals surface area contributed by atoms with Gasteiger partial charge in [0.2, 0.25) is 0 Å². The fourth-order valence-corrected chi connectivity index (χ4v) is 2.54. The number of pyridine rings is 2. The Balaban J connectivity index is 1.72. The fourth-order valence-electron chi connectivity index (χ4n) is 2.12. The predicted molar refractivity (Wildman–Crippen MR) is 93.0 cm³/mol. The van der Waals surface area contributed by atoms with E-state index in [1.807, 2.05) is 6.07 Å². The van der Waals surface area contributed by atoms with Crippen LogP contribution in [0.1, 0.15) is 0 Å². The molecule has 128 valence electrons. The monoisotopic (exact) mass is 408 g/mol. The van der Waals surface area contributed by atoms with Gasteiger partial charge < -0.3 is 10.1 Å². The van der Waals surface area contributed by atoms with Crippen LogP contribution in [0.4, 0.5) is 25.1 Å². The highest BCUT2D eigenvalue weighted by molar-refractivity contribution is 9.10. The van der Waals surface area contributed by atoms with Crippen LogP contribution in [-0.4, -0.2) is 22.6 Å². The molecule has 0 atom stereocenters. The van der Waals surface area contributed by atoms with E-state index in [0.29, 0.717) is 17.0 Å². The Morgan fingerprint density at radius 2 is 1.88 bits per heavy atom. The van der Waals surface area contributed by atoms with Crippen molar-refractivity contribution in [1.29, 1.82) is 0 Å². The van der Waals surface area contributed by atoms with Gasteiger partial charge in [-0.3, -0.25) is 10.3 Å². The molecule has 0 aliphatic carbocycles. The summed E-state index contributed by atoms with van der Waals surface area (Å²) in [4.78, 5) is 20.5. The molecule has 0 fully saturated rings. The molecule has 0 saturated heterocycles. The topological polar surface area (TPSA) is 76.1 Å². The molecular weight excluding hydrogens is 398 g/mol. The summed E-state index contributed by atoms with van der Waals surface area (Å²) < 4.78 is 29.2. The number of nitrogens with one attached hydrogen (secondary N) is 2. The zero-order valence-corrected chi connectivity index (χ0v) is 14.1. The number of amides is 2. The Kier molecular flexibility index (Phi) is 5.03. The quantitative estimate of drug-likeness (QED) is 0.659. The molecule has 0 saturated carbocycles. The molecule has 9 heteroatoms. The van der Waals surface area contributed by atoms with E-state index in [1.165, 1.54) is 24.3 Å². The summed E-state index contributed by atoms with van der Waals surface area (Å²) in [6.07, 6.45) is 3.16. The summed E-state index contributed by atoms with van der Waals surface area (Å²) in [5.74, 6) is 0.305. The summed E-state index contributed by atoms with van der Waals surface area (Å²) in [6, 6.07) is 8.64. The van der Waals surface area contributed by atoms with Crippen molar-refractivity contribution in [3.8, 4) is 5.75 Å². The summed E-state index contributed by atoms with van der Waals surface area (Å²) in [5.41, 5.74) is 0.946. The van der Waals surface area contributed by atoms with Crippen LogP contribution in [0, 0.1) is 0 Å². The molecule has 0 spiro atoms. The van der Waals surface area contributed by atoms with Gasteiger partial charge in [-0.15, -0.1) is 0 Å². The Morgan fingerprint density at radius 1 is 1.12 bits per heavy atom. The Hall–Kier alpha value is -2.81. The third kappa shape index (κ3) is 4.18. The van der Waals surface area contributed by atoms with Crippen molar-refractivity contribution in [3.05, 3.63) is 53.3 Å². The number of carbonyl (C=O) groups is 1. The van der Waals surface area contributed by atoms with Crippen LogP contribution >= 0.6 is 15.9 Å². The molecule has 2 heterocycles. The van der Waals surface area contributed by atoms with Crippen molar-refractivity contribution in [2.24, 2.45) is 0 Å². The molecule has 0 aliphatic heterocycles. The number of urea groups is 1. The number of hydrogen-bond acceptors (Lipinski definition) is 4. The number of aromatic nitrogens is 2. The van der Waals surface area contributed by atoms with E-state index in [1.54, 1.807) is 18.5 Å². The molecule has 3 aromatic rings. The molecule has 0 radical (unpaired) electrons. The lowest BCUT2D eigenvalue weighted by Gasteiger charge is -2.10. The van der Waals surface area contributed by atoms with Gasteiger partial charge >= 0.3 is 12.6 Å². The number of nitrogens with zero attached hydrogens (tertiary/aromatic N) is 2. The van der Waals surface area contributed by atoms with E-state index >= 15 is 0 Å². The van der Waals surface area contributed by atoms with Gasteiger partial charge in [-0.2, -0.15) is 8.78 Å². The van der Waals surface area contributed by atoms with Crippen LogP contribution in [0.2, 0.25) is 0 Å². The van der Waals surface area contributed by atoms with Crippen molar-refractivity contribution in [1.82, 2.24) is 9.97 Å². The van der Waals surface area contributed by atoms with Gasteiger partial charge in [0.1, 0.15) is 11.3 Å². The minimum Gasteiger partial charge on any atom is -0.435 e. The molecule has 0 bridgehead atoms. The van der Waals surface area contributed by atoms with Gasteiger partial charge in [-0.1, -0.05) is 0 Å². The highest BCUT2D eigenvalue weighted by Crippen LogP contribution is 2.26. The first kappa shape index (κ1) is 17.0. The van der Waals surface area contributed by atoms with Crippen LogP contribution in [-0.2, 0) is 0 Å². The first-order valence-corrected chi connectivity index (χ1v) is 7.84. The van der Waals surface area contributed by atoms with Crippen LogP contribution in [0.15, 0.2) is 53.3 Å². The number of rotatable bonds is 4. The third-order valence-electron chi connectivity index (χ3n) is 3.17. The lowest BCUT2D eigenvalue weighted by molar-refractivity contribution is -0.0498. The molecule has 6 nitrogen and oxygen atoms in total. The molecule has 2 N–H and O–H groups in total. The number of benzene rings is 1. The number of hydrogen-bond donors (Lipinski definition) is 2. The second kappa shape index (κ2) is 7.39. The maximum atomic E-state index is 12.1. The van der Waals surface area contributed by atoms with E-state index in [0.717, 1.165) is 9.86 Å². The predicted octanol–water partition coefficient (Wildman–Crippen LogP) is 4.64. The highest BCUT2D eigenvalue weighted by Gasteiger charge is 2.11. The minimum atomic E-state index is -2.90. The second-order valence-electron chi connectivity index (χ2n) is 4.84. The number of fused-ring (bicyclic) bond motifs is 1. The van der Waals surface area contributed by atoms with Crippen molar-refractivity contribution in [3.63, 3.8) is 0 Å². The summed E-state index contributed by atoms with van der Waals surface area (Å²) in [5, 5.41) is 6.00. The van der Waals surface area contributed by atoms with E-state index in [4.69, 9.17) is 0 Å². The SMILES string of the molecule is O=C(Nc1ccc(OC(F)F)cc1)Nc1ncc(Br)c2cccnc12. The zero-order valence-electron chi connectivity index (χ0n) is 12.5. The highest BCUT2D eigenvalue weighted by atomic mass is 79.9. The van der Waals surface area contributed by atoms with Gasteiger partial charge in [0.25, 0.3) is 0 Å². The van der Waals surface area contributed by atoms with Crippen molar-refractivity contribution < 1.29 is 18.3 Å². The zero-order chi connectivity index (χ0) is 17.8. The molecular formula is C16H11BrF2N4O2. The minimum absolute atomic E-state index is 0.00530. The number of alkyl halides is 2. The average molecular weight is 409 g/mol. The van der Waals surface area contributed by atoms with Crippen molar-refractivity contribution >= 4 is 44.4 Å². The fraction of sp³-hybridized carbons (Fsp3) is 0.0625. The van der Waals surface area contributed by atoms with E-state index in [2.05, 4.69) is 41.3 Å². The second-order valence-corrected chi connectivity index (χ2v) is 5.69. The molecule has 1 aromatic carbocycles. The van der Waals surface area contributed by atoms with E-state index in [9.17, 15) is 13.6 Å². The first-order chi connectivity index (χ1) is 12.0. The molecule has 2 aromatic heterocycles. The number of ether oxygens (including phenoxy) is 1. The van der Waals surface area contributed by atoms with Crippen LogP contribution in [0.5, 0.6) is 5.75 Å². The lowest BCUT2D eigenvalue weighted by Crippen LogP contribution is -2.20. The van der Waals surface area contributed by atoms with Crippen LogP contribution < -0.4 is 15.4 Å². The number of anilines is 2. The first-order valence-electron chi connectivity index (χ1n) is 7.05. The van der Waals surface area contributed by atoms with Crippen molar-refractivity contribution in [2.45, 2.75) is 6.61 Å². The van der Waals surface area contributed by atoms with Gasteiger partial charge in [0, 0.05) is 27.9 Å². The smallest absolute Gasteiger partial charge is 0.387 e. The third-order valence-corrected chi connectivity index (χ3v) is 3.80. The Morgan fingerprint density at radius 3 is 2.60 bits per heavy atom. The Bertz CT molecular complexity index is 906. The van der Waals surface area contributed by atoms with Crippen LogP contribution in [0.25, 0.3) is 10.9 Å². The normalized spacial score (nSPS) is 10.7. The van der Waals surface area contributed by atoms with Gasteiger partial charge in [0.15, 0.2) is 5.82 Å². The van der Waals surface area contributed by atoms with Crippen molar-refractivity contribution in [2.75, 3.05) is 10.6 Å². The number of halogens is 3. The molecule has 2 amide bonds. The summed E-state index contributed by atoms with van der Waals surface area (Å²) in [6.45, 7) is -2.90. The summed E-state index contributed by atoms with van der Waals surface area (Å²) >= 11 is 3.38. The summed E-state index contributed by atoms with van der Waals surface area (Å²) in [7, 11) is 0. The lowest BCUT2D eigenvalue weighted by atomic mass is 10.2. The van der Waals surface area contributed by atoms with E-state index < -0.39 is 12.6 Å². The van der Waals surface area contributed by atoms with E-state index in [-0.39, 0.29) is 5.75 Å². The molecule has 3 rings (SSSR count). The maximum Gasteiger partial charge on any atom is 0.387 e. The maximum absolute atomic E-state index is 12.1. The Labute approximate surface area is 149 Å². The molecule has 0 unspecified atom stereocenters. The standard InChI is InChI=1S/C16H11BrF2N4O2/c17-12-8-21-14(13-11(12)2-1-7-20-13)23-16(24)22-9-3-5-10(6-4-9)25-15(18)19/h1-8,15H,(H2,21,22,23,24). The molecule has 25 heavy (non-hydrogen) atoms. The van der Waals surface area contributed by atoms with Gasteiger partial charge in [0.05, 0.1) is 0 Å².